The highest BCUT2D eigenvalue weighted by molar-refractivity contribution is 7.93. The molecule has 2 N–H and O–H groups in total. The van der Waals surface area contributed by atoms with Crippen LogP contribution >= 0.6 is 0 Å². The molecular formula is C28H35F2N3O4S. The fraction of sp³-hybridized carbons (Fsp3) is 0.500. The smallest absolute Gasteiger partial charge is 0.265 e. The average Bonchev–Trinajstić information content (AvgIpc) is 3.08. The van der Waals surface area contributed by atoms with Gasteiger partial charge in [-0.1, -0.05) is 51.7 Å². The van der Waals surface area contributed by atoms with Crippen molar-refractivity contribution in [2.24, 2.45) is 0 Å². The molecule has 2 aliphatic rings. The third-order valence-corrected chi connectivity index (χ3v) is 9.51. The maximum atomic E-state index is 14.4. The van der Waals surface area contributed by atoms with Crippen molar-refractivity contribution in [2.75, 3.05) is 9.62 Å². The highest BCUT2D eigenvalue weighted by Crippen LogP contribution is 2.40. The van der Waals surface area contributed by atoms with Crippen LogP contribution in [0.15, 0.2) is 29.2 Å². The minimum Gasteiger partial charge on any atom is -0.353 e. The van der Waals surface area contributed by atoms with E-state index in [1.807, 2.05) is 13.8 Å². The molecule has 2 aromatic carbocycles. The van der Waals surface area contributed by atoms with Gasteiger partial charge >= 0.3 is 0 Å². The van der Waals surface area contributed by atoms with Gasteiger partial charge < -0.3 is 10.6 Å². The summed E-state index contributed by atoms with van der Waals surface area (Å²) >= 11 is 0. The summed E-state index contributed by atoms with van der Waals surface area (Å²) in [7, 11) is -4.47. The van der Waals surface area contributed by atoms with E-state index in [0.717, 1.165) is 60.5 Å². The largest absolute Gasteiger partial charge is 0.353 e. The maximum Gasteiger partial charge on any atom is 0.265 e. The molecule has 1 fully saturated rings. The third-order valence-electron chi connectivity index (χ3n) is 7.38. The SMILES string of the molecule is Cc1cc(C(C)C)cc(C)c1S(=O)(=O)N1c2cc(F)c(F)cc2NC(=O)C1CC(=O)NC1CCCCCC1. The number of amides is 2. The van der Waals surface area contributed by atoms with E-state index in [2.05, 4.69) is 10.6 Å². The number of carbonyl (C=O) groups excluding carboxylic acids is 2. The van der Waals surface area contributed by atoms with E-state index in [0.29, 0.717) is 11.1 Å². The van der Waals surface area contributed by atoms with E-state index in [1.165, 1.54) is 0 Å². The monoisotopic (exact) mass is 547 g/mol. The highest BCUT2D eigenvalue weighted by Gasteiger charge is 2.44. The van der Waals surface area contributed by atoms with Gasteiger partial charge in [-0.3, -0.25) is 13.9 Å². The zero-order valence-electron chi connectivity index (χ0n) is 22.2. The number of nitrogens with one attached hydrogen (secondary N) is 2. The zero-order chi connectivity index (χ0) is 27.8. The predicted octanol–water partition coefficient (Wildman–Crippen LogP) is 5.45. The van der Waals surface area contributed by atoms with E-state index in [4.69, 9.17) is 0 Å². The fourth-order valence-corrected chi connectivity index (χ4v) is 7.53. The van der Waals surface area contributed by atoms with E-state index >= 15 is 0 Å². The van der Waals surface area contributed by atoms with Crippen LogP contribution in [0, 0.1) is 25.5 Å². The van der Waals surface area contributed by atoms with Crippen molar-refractivity contribution in [1.82, 2.24) is 5.32 Å². The Bertz CT molecular complexity index is 1330. The van der Waals surface area contributed by atoms with Crippen LogP contribution in [-0.2, 0) is 19.6 Å². The van der Waals surface area contributed by atoms with Gasteiger partial charge in [-0.15, -0.1) is 0 Å². The molecule has 10 heteroatoms. The van der Waals surface area contributed by atoms with Gasteiger partial charge in [0.1, 0.15) is 6.04 Å². The number of carbonyl (C=O) groups is 2. The fourth-order valence-electron chi connectivity index (χ4n) is 5.49. The average molecular weight is 548 g/mol. The first kappa shape index (κ1) is 28.0. The van der Waals surface area contributed by atoms with Gasteiger partial charge in [-0.05, 0) is 49.3 Å². The Morgan fingerprint density at radius 3 is 2.18 bits per heavy atom. The van der Waals surface area contributed by atoms with Gasteiger partial charge in [-0.25, -0.2) is 17.2 Å². The molecule has 38 heavy (non-hydrogen) atoms. The minimum absolute atomic E-state index is 0.0264. The lowest BCUT2D eigenvalue weighted by Crippen LogP contribution is -2.53. The molecule has 7 nitrogen and oxygen atoms in total. The Hall–Kier alpha value is -3.01. The van der Waals surface area contributed by atoms with Crippen LogP contribution in [-0.4, -0.2) is 32.3 Å². The van der Waals surface area contributed by atoms with Gasteiger partial charge in [0, 0.05) is 18.2 Å². The van der Waals surface area contributed by atoms with Crippen molar-refractivity contribution >= 4 is 33.2 Å². The van der Waals surface area contributed by atoms with E-state index in [-0.39, 0.29) is 28.2 Å². The normalized spacial score (nSPS) is 18.7. The Balaban J connectivity index is 1.78. The van der Waals surface area contributed by atoms with Crippen LogP contribution in [0.5, 0.6) is 0 Å². The van der Waals surface area contributed by atoms with Gasteiger partial charge in [0.2, 0.25) is 11.8 Å². The Kier molecular flexibility index (Phi) is 8.11. The highest BCUT2D eigenvalue weighted by atomic mass is 32.2. The molecule has 2 amide bonds. The van der Waals surface area contributed by atoms with Crippen LogP contribution in [0.25, 0.3) is 0 Å². The molecular weight excluding hydrogens is 512 g/mol. The van der Waals surface area contributed by atoms with Crippen molar-refractivity contribution < 1.29 is 26.8 Å². The van der Waals surface area contributed by atoms with E-state index < -0.39 is 45.9 Å². The Morgan fingerprint density at radius 2 is 1.61 bits per heavy atom. The number of benzene rings is 2. The number of aryl methyl sites for hydroxylation is 2. The van der Waals surface area contributed by atoms with Crippen molar-refractivity contribution in [3.8, 4) is 0 Å². The summed E-state index contributed by atoms with van der Waals surface area (Å²) in [5.74, 6) is -3.57. The number of nitrogens with zero attached hydrogens (tertiary/aromatic N) is 1. The molecule has 1 atom stereocenters. The third kappa shape index (κ3) is 5.55. The van der Waals surface area contributed by atoms with Gasteiger partial charge in [-0.2, -0.15) is 0 Å². The molecule has 2 aromatic rings. The molecule has 4 rings (SSSR count). The summed E-state index contributed by atoms with van der Waals surface area (Å²) in [5.41, 5.74) is 1.48. The molecule has 0 spiro atoms. The van der Waals surface area contributed by atoms with Crippen molar-refractivity contribution in [2.45, 2.75) is 95.5 Å². The molecule has 0 radical (unpaired) electrons. The molecule has 206 valence electrons. The Morgan fingerprint density at radius 1 is 1.03 bits per heavy atom. The lowest BCUT2D eigenvalue weighted by atomic mass is 9.99. The number of fused-ring (bicyclic) bond motifs is 1. The van der Waals surface area contributed by atoms with Crippen LogP contribution in [0.2, 0.25) is 0 Å². The lowest BCUT2D eigenvalue weighted by molar-refractivity contribution is -0.125. The molecule has 1 heterocycles. The topological polar surface area (TPSA) is 95.6 Å². The quantitative estimate of drug-likeness (QED) is 0.470. The summed E-state index contributed by atoms with van der Waals surface area (Å²) in [4.78, 5) is 26.3. The maximum absolute atomic E-state index is 14.4. The number of halogens is 2. The number of hydrogen-bond donors (Lipinski definition) is 2. The molecule has 0 saturated heterocycles. The van der Waals surface area contributed by atoms with Crippen LogP contribution in [0.4, 0.5) is 20.2 Å². The van der Waals surface area contributed by atoms with Gasteiger partial charge in [0.15, 0.2) is 11.6 Å². The standard InChI is InChI=1S/C28H35F2N3O4S/c1-16(2)19-11-17(3)27(18(4)12-19)38(36,37)33-24-14-22(30)21(29)13-23(24)32-28(35)25(33)15-26(34)31-20-9-7-5-6-8-10-20/h11-14,16,20,25H,5-10,15H2,1-4H3,(H,31,34)(H,32,35). The molecule has 1 aliphatic heterocycles. The number of anilines is 2. The van der Waals surface area contributed by atoms with Crippen LogP contribution in [0.1, 0.15) is 81.4 Å². The van der Waals surface area contributed by atoms with Crippen LogP contribution in [0.3, 0.4) is 0 Å². The van der Waals surface area contributed by atoms with Crippen molar-refractivity contribution in [3.63, 3.8) is 0 Å². The second kappa shape index (κ2) is 11.0. The molecule has 1 saturated carbocycles. The van der Waals surface area contributed by atoms with Crippen molar-refractivity contribution in [3.05, 3.63) is 52.6 Å². The lowest BCUT2D eigenvalue weighted by Gasteiger charge is -2.37. The first-order valence-corrected chi connectivity index (χ1v) is 14.6. The number of hydrogen-bond acceptors (Lipinski definition) is 4. The van der Waals surface area contributed by atoms with Gasteiger partial charge in [0.05, 0.1) is 22.7 Å². The first-order chi connectivity index (χ1) is 17.9. The number of rotatable bonds is 6. The van der Waals surface area contributed by atoms with E-state index in [1.54, 1.807) is 26.0 Å². The molecule has 0 bridgehead atoms. The second-order valence-electron chi connectivity index (χ2n) is 10.7. The summed E-state index contributed by atoms with van der Waals surface area (Å²) in [6.07, 6.45) is 5.34. The summed E-state index contributed by atoms with van der Waals surface area (Å²) in [6.45, 7) is 7.31. The van der Waals surface area contributed by atoms with E-state index in [9.17, 15) is 26.8 Å². The zero-order valence-corrected chi connectivity index (χ0v) is 23.1. The summed E-state index contributed by atoms with van der Waals surface area (Å²) in [5, 5.41) is 5.42. The first-order valence-electron chi connectivity index (χ1n) is 13.1. The number of sulfonamides is 1. The molecule has 0 aromatic heterocycles. The predicted molar refractivity (Wildman–Crippen MR) is 143 cm³/mol. The summed E-state index contributed by atoms with van der Waals surface area (Å²) in [6, 6.07) is 3.53. The van der Waals surface area contributed by atoms with Gasteiger partial charge in [0.25, 0.3) is 10.0 Å². The Labute approximate surface area is 223 Å². The minimum atomic E-state index is -4.47. The molecule has 1 aliphatic carbocycles. The van der Waals surface area contributed by atoms with Crippen molar-refractivity contribution in [1.29, 1.82) is 0 Å². The molecule has 1 unspecified atom stereocenters. The summed E-state index contributed by atoms with van der Waals surface area (Å²) < 4.78 is 57.8. The van der Waals surface area contributed by atoms with Crippen LogP contribution < -0.4 is 14.9 Å². The second-order valence-corrected chi connectivity index (χ2v) is 12.4.